The molecule has 9 heteroatoms. The second-order valence-electron chi connectivity index (χ2n) is 6.29. The monoisotopic (exact) mass is 423 g/mol. The minimum atomic E-state index is 0.493. The summed E-state index contributed by atoms with van der Waals surface area (Å²) >= 11 is 1.48. The number of benzene rings is 2. The zero-order valence-electron chi connectivity index (χ0n) is 16.9. The molecule has 0 radical (unpaired) electrons. The number of nitrogens with zero attached hydrogens (tertiary/aromatic N) is 5. The molecule has 30 heavy (non-hydrogen) atoms. The molecule has 0 aliphatic rings. The van der Waals surface area contributed by atoms with Crippen LogP contribution in [0.2, 0.25) is 0 Å². The number of aromatic nitrogens is 5. The van der Waals surface area contributed by atoms with Gasteiger partial charge in [0, 0.05) is 6.42 Å². The minimum absolute atomic E-state index is 0.493. The standard InChI is InChI=1S/C21H21N5O3S/c1-4-18-22-19(29-25-18)13-30-21-24-23-20(16-7-5-6-8-17(16)28-3)26(21)14-9-11-15(27-2)12-10-14/h5-12H,4,13H2,1-3H3. The Labute approximate surface area is 178 Å². The third-order valence-electron chi connectivity index (χ3n) is 4.46. The molecule has 8 nitrogen and oxygen atoms in total. The first-order valence-corrected chi connectivity index (χ1v) is 10.4. The van der Waals surface area contributed by atoms with Crippen LogP contribution < -0.4 is 9.47 Å². The summed E-state index contributed by atoms with van der Waals surface area (Å²) in [7, 11) is 3.29. The van der Waals surface area contributed by atoms with Crippen molar-refractivity contribution >= 4 is 11.8 Å². The highest BCUT2D eigenvalue weighted by molar-refractivity contribution is 7.98. The number of para-hydroxylation sites is 1. The maximum atomic E-state index is 5.54. The molecule has 2 heterocycles. The van der Waals surface area contributed by atoms with Crippen LogP contribution in [0.25, 0.3) is 17.1 Å². The molecular weight excluding hydrogens is 402 g/mol. The van der Waals surface area contributed by atoms with Gasteiger partial charge in [-0.15, -0.1) is 10.2 Å². The molecule has 0 spiro atoms. The molecule has 0 unspecified atom stereocenters. The smallest absolute Gasteiger partial charge is 0.237 e. The van der Waals surface area contributed by atoms with Crippen LogP contribution in [0.15, 0.2) is 58.2 Å². The van der Waals surface area contributed by atoms with E-state index in [0.29, 0.717) is 28.4 Å². The van der Waals surface area contributed by atoms with Crippen molar-refractivity contribution in [3.05, 3.63) is 60.2 Å². The minimum Gasteiger partial charge on any atom is -0.497 e. The Morgan fingerprint density at radius 1 is 1.00 bits per heavy atom. The lowest BCUT2D eigenvalue weighted by Crippen LogP contribution is -2.01. The Bertz CT molecular complexity index is 1120. The fourth-order valence-electron chi connectivity index (χ4n) is 2.95. The third-order valence-corrected chi connectivity index (χ3v) is 5.38. The van der Waals surface area contributed by atoms with Gasteiger partial charge in [-0.25, -0.2) is 0 Å². The summed E-state index contributed by atoms with van der Waals surface area (Å²) in [6, 6.07) is 15.5. The van der Waals surface area contributed by atoms with E-state index in [1.807, 2.05) is 60.0 Å². The summed E-state index contributed by atoms with van der Waals surface area (Å²) in [4.78, 5) is 4.37. The predicted octanol–water partition coefficient (Wildman–Crippen LogP) is 4.19. The topological polar surface area (TPSA) is 88.1 Å². The van der Waals surface area contributed by atoms with Crippen molar-refractivity contribution in [2.75, 3.05) is 14.2 Å². The lowest BCUT2D eigenvalue weighted by Gasteiger charge is -2.12. The molecule has 0 N–H and O–H groups in total. The van der Waals surface area contributed by atoms with E-state index >= 15 is 0 Å². The quantitative estimate of drug-likeness (QED) is 0.390. The van der Waals surface area contributed by atoms with E-state index in [2.05, 4.69) is 20.3 Å². The summed E-state index contributed by atoms with van der Waals surface area (Å²) in [6.07, 6.45) is 0.730. The lowest BCUT2D eigenvalue weighted by molar-refractivity contribution is 0.385. The van der Waals surface area contributed by atoms with Gasteiger partial charge < -0.3 is 14.0 Å². The van der Waals surface area contributed by atoms with Crippen molar-refractivity contribution in [1.82, 2.24) is 24.9 Å². The fraction of sp³-hybridized carbons (Fsp3) is 0.238. The molecule has 0 saturated carbocycles. The van der Waals surface area contributed by atoms with Crippen molar-refractivity contribution in [2.24, 2.45) is 0 Å². The van der Waals surface area contributed by atoms with Crippen molar-refractivity contribution in [1.29, 1.82) is 0 Å². The van der Waals surface area contributed by atoms with Crippen LogP contribution in [0.3, 0.4) is 0 Å². The highest BCUT2D eigenvalue weighted by Gasteiger charge is 2.20. The van der Waals surface area contributed by atoms with Gasteiger partial charge >= 0.3 is 0 Å². The first-order valence-electron chi connectivity index (χ1n) is 9.41. The van der Waals surface area contributed by atoms with Gasteiger partial charge in [0.05, 0.1) is 31.2 Å². The van der Waals surface area contributed by atoms with E-state index < -0.39 is 0 Å². The summed E-state index contributed by atoms with van der Waals surface area (Å²) < 4.78 is 18.1. The summed E-state index contributed by atoms with van der Waals surface area (Å²) in [5.41, 5.74) is 1.75. The van der Waals surface area contributed by atoms with Gasteiger partial charge in [-0.3, -0.25) is 4.57 Å². The van der Waals surface area contributed by atoms with E-state index in [0.717, 1.165) is 29.2 Å². The van der Waals surface area contributed by atoms with Crippen LogP contribution in [-0.2, 0) is 12.2 Å². The zero-order chi connectivity index (χ0) is 20.9. The molecule has 0 atom stereocenters. The van der Waals surface area contributed by atoms with E-state index in [-0.39, 0.29) is 0 Å². The first kappa shape index (κ1) is 20.0. The van der Waals surface area contributed by atoms with Crippen molar-refractivity contribution in [3.8, 4) is 28.6 Å². The van der Waals surface area contributed by atoms with E-state index in [1.54, 1.807) is 14.2 Å². The highest BCUT2D eigenvalue weighted by Crippen LogP contribution is 2.34. The zero-order valence-corrected chi connectivity index (χ0v) is 17.7. The van der Waals surface area contributed by atoms with Gasteiger partial charge in [0.25, 0.3) is 0 Å². The number of hydrogen-bond donors (Lipinski definition) is 0. The summed E-state index contributed by atoms with van der Waals surface area (Å²) in [6.45, 7) is 1.99. The molecule has 2 aromatic carbocycles. The first-order chi connectivity index (χ1) is 14.7. The number of thioether (sulfide) groups is 1. The molecule has 0 aliphatic heterocycles. The lowest BCUT2D eigenvalue weighted by atomic mass is 10.2. The van der Waals surface area contributed by atoms with Crippen molar-refractivity contribution in [2.45, 2.75) is 24.3 Å². The number of hydrogen-bond acceptors (Lipinski definition) is 8. The maximum absolute atomic E-state index is 5.54. The normalized spacial score (nSPS) is 10.9. The van der Waals surface area contributed by atoms with Crippen LogP contribution in [-0.4, -0.2) is 39.1 Å². The number of aryl methyl sites for hydroxylation is 1. The molecule has 4 aromatic rings. The van der Waals surface area contributed by atoms with Crippen LogP contribution in [0.1, 0.15) is 18.6 Å². The van der Waals surface area contributed by atoms with Gasteiger partial charge in [0.1, 0.15) is 11.5 Å². The Hall–Kier alpha value is -3.33. The summed E-state index contributed by atoms with van der Waals surface area (Å²) in [5, 5.41) is 13.5. The molecule has 4 rings (SSSR count). The third kappa shape index (κ3) is 4.02. The largest absolute Gasteiger partial charge is 0.497 e. The molecule has 0 fully saturated rings. The molecular formula is C21H21N5O3S. The van der Waals surface area contributed by atoms with E-state index in [9.17, 15) is 0 Å². The molecule has 154 valence electrons. The average molecular weight is 423 g/mol. The van der Waals surface area contributed by atoms with Crippen molar-refractivity contribution in [3.63, 3.8) is 0 Å². The number of ether oxygens (including phenoxy) is 2. The van der Waals surface area contributed by atoms with Gasteiger partial charge in [-0.1, -0.05) is 36.0 Å². The molecule has 0 bridgehead atoms. The van der Waals surface area contributed by atoms with Crippen LogP contribution in [0.4, 0.5) is 0 Å². The van der Waals surface area contributed by atoms with E-state index in [1.165, 1.54) is 11.8 Å². The number of rotatable bonds is 8. The second-order valence-corrected chi connectivity index (χ2v) is 7.23. The Kier molecular flexibility index (Phi) is 5.99. The van der Waals surface area contributed by atoms with Gasteiger partial charge in [0.2, 0.25) is 5.89 Å². The fourth-order valence-corrected chi connectivity index (χ4v) is 3.74. The van der Waals surface area contributed by atoms with Gasteiger partial charge in [0.15, 0.2) is 16.8 Å². The molecule has 0 saturated heterocycles. The van der Waals surface area contributed by atoms with E-state index in [4.69, 9.17) is 14.0 Å². The Morgan fingerprint density at radius 3 is 2.50 bits per heavy atom. The van der Waals surface area contributed by atoms with Crippen LogP contribution in [0, 0.1) is 0 Å². The Balaban J connectivity index is 1.74. The van der Waals surface area contributed by atoms with Crippen LogP contribution >= 0.6 is 11.8 Å². The second kappa shape index (κ2) is 9.00. The summed E-state index contributed by atoms with van der Waals surface area (Å²) in [5.74, 6) is 3.92. The molecule has 0 amide bonds. The maximum Gasteiger partial charge on any atom is 0.237 e. The molecule has 0 aliphatic carbocycles. The SMILES string of the molecule is CCc1noc(CSc2nnc(-c3ccccc3OC)n2-c2ccc(OC)cc2)n1. The van der Waals surface area contributed by atoms with Crippen LogP contribution in [0.5, 0.6) is 11.5 Å². The average Bonchev–Trinajstić information content (AvgIpc) is 3.44. The van der Waals surface area contributed by atoms with Gasteiger partial charge in [-0.2, -0.15) is 4.98 Å². The Morgan fingerprint density at radius 2 is 1.80 bits per heavy atom. The predicted molar refractivity (Wildman–Crippen MR) is 113 cm³/mol. The number of methoxy groups -OCH3 is 2. The van der Waals surface area contributed by atoms with Gasteiger partial charge in [-0.05, 0) is 36.4 Å². The molecule has 2 aromatic heterocycles. The van der Waals surface area contributed by atoms with Crippen molar-refractivity contribution < 1.29 is 14.0 Å². The highest BCUT2D eigenvalue weighted by atomic mass is 32.2.